The van der Waals surface area contributed by atoms with Crippen LogP contribution >= 0.6 is 12.2 Å². The summed E-state index contributed by atoms with van der Waals surface area (Å²) in [5.74, 6) is 0.672. The molecule has 0 atom stereocenters. The summed E-state index contributed by atoms with van der Waals surface area (Å²) in [6, 6.07) is 12.2. The van der Waals surface area contributed by atoms with Crippen molar-refractivity contribution in [3.05, 3.63) is 58.8 Å². The number of nitrogens with two attached hydrogens (primary N) is 1. The lowest BCUT2D eigenvalue weighted by atomic mass is 10.1. The quantitative estimate of drug-likeness (QED) is 0.310. The van der Waals surface area contributed by atoms with E-state index in [0.29, 0.717) is 11.1 Å². The minimum atomic E-state index is 0.253. The summed E-state index contributed by atoms with van der Waals surface area (Å²) in [7, 11) is 0. The number of rotatable bonds is 2. The Morgan fingerprint density at radius 1 is 0.963 bits per heavy atom. The van der Waals surface area contributed by atoms with Crippen LogP contribution in [0.4, 0.5) is 11.6 Å². The molecular weight excluding hydrogens is 356 g/mol. The van der Waals surface area contributed by atoms with Crippen LogP contribution < -0.4 is 21.4 Å². The van der Waals surface area contributed by atoms with Crippen LogP contribution in [0.15, 0.2) is 36.4 Å². The molecule has 138 valence electrons. The molecule has 0 spiro atoms. The van der Waals surface area contributed by atoms with Crippen LogP contribution in [-0.2, 0) is 0 Å². The van der Waals surface area contributed by atoms with Crippen LogP contribution in [0.5, 0.6) is 0 Å². The first kappa shape index (κ1) is 18.7. The van der Waals surface area contributed by atoms with Crippen LogP contribution in [-0.4, -0.2) is 21.0 Å². The van der Waals surface area contributed by atoms with Gasteiger partial charge in [-0.15, -0.1) is 0 Å². The van der Waals surface area contributed by atoms with Crippen molar-refractivity contribution in [1.82, 2.24) is 9.97 Å². The van der Waals surface area contributed by atoms with Gasteiger partial charge in [0.2, 0.25) is 0 Å². The number of aromatic nitrogens is 2. The third-order valence-corrected chi connectivity index (χ3v) is 4.37. The molecule has 0 fully saturated rings. The SMILES string of the molecule is Cc1ccc(NC(=S)[NH+]=C(N)Nc2nc(C)c3cc(C)ccc3n2)c(C)c1. The fourth-order valence-corrected chi connectivity index (χ4v) is 3.05. The van der Waals surface area contributed by atoms with Crippen molar-refractivity contribution in [1.29, 1.82) is 0 Å². The smallest absolute Gasteiger partial charge is 0.310 e. The maximum absolute atomic E-state index is 6.03. The number of fused-ring (bicyclic) bond motifs is 1. The Bertz CT molecular complexity index is 1060. The zero-order chi connectivity index (χ0) is 19.6. The van der Waals surface area contributed by atoms with Gasteiger partial charge in [-0.25, -0.2) is 20.3 Å². The van der Waals surface area contributed by atoms with Gasteiger partial charge in [-0.2, -0.15) is 0 Å². The molecule has 0 saturated heterocycles. The van der Waals surface area contributed by atoms with Gasteiger partial charge in [-0.3, -0.25) is 5.32 Å². The molecule has 0 saturated carbocycles. The number of guanidine groups is 1. The molecular formula is C20H23N6S+. The minimum absolute atomic E-state index is 0.253. The van der Waals surface area contributed by atoms with Crippen LogP contribution in [0.25, 0.3) is 10.9 Å². The second kappa shape index (κ2) is 7.67. The van der Waals surface area contributed by atoms with Crippen molar-refractivity contribution in [3.8, 4) is 0 Å². The van der Waals surface area contributed by atoms with Gasteiger partial charge >= 0.3 is 5.96 Å². The molecule has 7 heteroatoms. The van der Waals surface area contributed by atoms with Crippen molar-refractivity contribution < 1.29 is 4.99 Å². The van der Waals surface area contributed by atoms with E-state index in [-0.39, 0.29) is 5.96 Å². The number of hydrogen-bond acceptors (Lipinski definition) is 3. The predicted octanol–water partition coefficient (Wildman–Crippen LogP) is 2.07. The average Bonchev–Trinajstić information content (AvgIpc) is 2.58. The van der Waals surface area contributed by atoms with Gasteiger partial charge in [-0.1, -0.05) is 29.3 Å². The normalized spacial score (nSPS) is 11.5. The van der Waals surface area contributed by atoms with Crippen LogP contribution in [0.1, 0.15) is 22.4 Å². The van der Waals surface area contributed by atoms with Crippen LogP contribution in [0.2, 0.25) is 0 Å². The molecule has 27 heavy (non-hydrogen) atoms. The zero-order valence-electron chi connectivity index (χ0n) is 15.8. The Morgan fingerprint density at radius 2 is 1.67 bits per heavy atom. The number of nitrogens with zero attached hydrogens (tertiary/aromatic N) is 2. The van der Waals surface area contributed by atoms with Crippen molar-refractivity contribution >= 4 is 45.8 Å². The van der Waals surface area contributed by atoms with E-state index < -0.39 is 0 Å². The number of anilines is 2. The molecule has 2 aromatic carbocycles. The van der Waals surface area contributed by atoms with Crippen molar-refractivity contribution in [2.24, 2.45) is 5.73 Å². The summed E-state index contributed by atoms with van der Waals surface area (Å²) >= 11 is 5.33. The minimum Gasteiger partial charge on any atom is -0.310 e. The largest absolute Gasteiger partial charge is 0.312 e. The van der Waals surface area contributed by atoms with Gasteiger partial charge in [0.15, 0.2) is 0 Å². The van der Waals surface area contributed by atoms with E-state index in [1.54, 1.807) is 0 Å². The van der Waals surface area contributed by atoms with E-state index >= 15 is 0 Å². The Balaban J connectivity index is 1.76. The number of nitrogens with one attached hydrogen (secondary N) is 3. The van der Waals surface area contributed by atoms with Crippen molar-refractivity contribution in [3.63, 3.8) is 0 Å². The Labute approximate surface area is 163 Å². The lowest BCUT2D eigenvalue weighted by Gasteiger charge is -2.07. The summed E-state index contributed by atoms with van der Waals surface area (Å²) < 4.78 is 0. The fourth-order valence-electron chi connectivity index (χ4n) is 2.83. The summed E-state index contributed by atoms with van der Waals surface area (Å²) in [6.07, 6.45) is 0. The third-order valence-electron chi connectivity index (χ3n) is 4.17. The van der Waals surface area contributed by atoms with E-state index in [0.717, 1.165) is 27.8 Å². The van der Waals surface area contributed by atoms with Crippen molar-refractivity contribution in [2.75, 3.05) is 10.6 Å². The molecule has 0 bridgehead atoms. The van der Waals surface area contributed by atoms with Crippen molar-refractivity contribution in [2.45, 2.75) is 27.7 Å². The van der Waals surface area contributed by atoms with Gasteiger partial charge in [0.1, 0.15) is 0 Å². The van der Waals surface area contributed by atoms with Gasteiger partial charge in [0.25, 0.3) is 11.1 Å². The lowest BCUT2D eigenvalue weighted by molar-refractivity contribution is -0.311. The Morgan fingerprint density at radius 3 is 2.41 bits per heavy atom. The summed E-state index contributed by atoms with van der Waals surface area (Å²) in [4.78, 5) is 11.9. The highest BCUT2D eigenvalue weighted by molar-refractivity contribution is 7.80. The summed E-state index contributed by atoms with van der Waals surface area (Å²) in [5, 5.41) is 7.52. The van der Waals surface area contributed by atoms with E-state index in [2.05, 4.69) is 44.7 Å². The highest BCUT2D eigenvalue weighted by Crippen LogP contribution is 2.18. The molecule has 3 rings (SSSR count). The molecule has 5 N–H and O–H groups in total. The molecule has 0 amide bonds. The third kappa shape index (κ3) is 4.57. The number of hydrogen-bond donors (Lipinski definition) is 4. The number of benzene rings is 2. The topological polar surface area (TPSA) is 89.8 Å². The second-order valence-corrected chi connectivity index (χ2v) is 7.00. The van der Waals surface area contributed by atoms with E-state index in [1.165, 1.54) is 11.1 Å². The lowest BCUT2D eigenvalue weighted by Crippen LogP contribution is -2.82. The molecule has 3 aromatic rings. The highest BCUT2D eigenvalue weighted by Gasteiger charge is 2.10. The molecule has 1 aromatic heterocycles. The monoisotopic (exact) mass is 379 g/mol. The van der Waals surface area contributed by atoms with Gasteiger partial charge < -0.3 is 5.73 Å². The van der Waals surface area contributed by atoms with Gasteiger partial charge in [0, 0.05) is 5.39 Å². The van der Waals surface area contributed by atoms with Crippen LogP contribution in [0.3, 0.4) is 0 Å². The fraction of sp³-hybridized carbons (Fsp3) is 0.200. The standard InChI is InChI=1S/C20H22N6S/c1-11-5-7-16(13(3)9-11)24-20(27)26-18(21)25-19-22-14(4)15-10-12(2)6-8-17(15)23-19/h5-10H,1-4H3,(H4,21,22,23,24,25,26,27)/p+1. The zero-order valence-corrected chi connectivity index (χ0v) is 16.7. The molecule has 6 nitrogen and oxygen atoms in total. The summed E-state index contributed by atoms with van der Waals surface area (Å²) in [5.41, 5.74) is 12.2. The number of thiocarbonyl (C=S) groups is 1. The van der Waals surface area contributed by atoms with E-state index in [1.807, 2.05) is 45.0 Å². The Kier molecular flexibility index (Phi) is 5.32. The number of aryl methyl sites for hydroxylation is 4. The molecule has 0 aliphatic carbocycles. The second-order valence-electron chi connectivity index (χ2n) is 6.59. The van der Waals surface area contributed by atoms with Gasteiger partial charge in [-0.05, 0) is 63.7 Å². The van der Waals surface area contributed by atoms with Gasteiger partial charge in [0.05, 0.1) is 16.9 Å². The summed E-state index contributed by atoms with van der Waals surface area (Å²) in [6.45, 7) is 8.07. The first-order valence-corrected chi connectivity index (χ1v) is 9.02. The average molecular weight is 380 g/mol. The molecule has 0 aliphatic rings. The molecule has 0 radical (unpaired) electrons. The first-order valence-electron chi connectivity index (χ1n) is 8.61. The maximum Gasteiger partial charge on any atom is 0.312 e. The van der Waals surface area contributed by atoms with E-state index in [9.17, 15) is 0 Å². The van der Waals surface area contributed by atoms with Crippen LogP contribution in [0, 0.1) is 27.7 Å². The molecule has 0 unspecified atom stereocenters. The Hall–Kier alpha value is -3.06. The maximum atomic E-state index is 6.03. The predicted molar refractivity (Wildman–Crippen MR) is 115 cm³/mol. The first-order chi connectivity index (χ1) is 12.8. The molecule has 0 aliphatic heterocycles. The highest BCUT2D eigenvalue weighted by atomic mass is 32.1. The molecule has 1 heterocycles. The van der Waals surface area contributed by atoms with E-state index in [4.69, 9.17) is 18.0 Å².